The number of hydrogen-bond acceptors (Lipinski definition) is 3. The number of rotatable bonds is 4. The molecular weight excluding hydrogens is 292 g/mol. The van der Waals surface area contributed by atoms with Gasteiger partial charge in [-0.15, -0.1) is 11.8 Å². The second-order valence-corrected chi connectivity index (χ2v) is 6.62. The van der Waals surface area contributed by atoms with Crippen LogP contribution in [0.5, 0.6) is 0 Å². The Morgan fingerprint density at radius 2 is 1.95 bits per heavy atom. The predicted octanol–water partition coefficient (Wildman–Crippen LogP) is 3.97. The minimum atomic E-state index is -0.0396. The van der Waals surface area contributed by atoms with Crippen LogP contribution in [0.2, 0.25) is 0 Å². The highest BCUT2D eigenvalue weighted by molar-refractivity contribution is 7.99. The van der Waals surface area contributed by atoms with E-state index in [2.05, 4.69) is 47.0 Å². The van der Waals surface area contributed by atoms with Crippen molar-refractivity contribution in [2.24, 2.45) is 0 Å². The molecule has 2 aromatic rings. The lowest BCUT2D eigenvalue weighted by molar-refractivity contribution is -0.114. The molecule has 1 aliphatic rings. The number of amides is 1. The standard InChI is InChI=1S/C18H20N2OS/c1-13(21)20-15-8-6-14(7-9-15)12-19-17-10-11-22-18-5-3-2-4-16(17)18/h2-9,17,19H,10-12H2,1H3,(H,20,21). The summed E-state index contributed by atoms with van der Waals surface area (Å²) in [6.45, 7) is 2.36. The quantitative estimate of drug-likeness (QED) is 0.897. The van der Waals surface area contributed by atoms with Crippen LogP contribution in [0, 0.1) is 0 Å². The van der Waals surface area contributed by atoms with E-state index in [4.69, 9.17) is 0 Å². The summed E-state index contributed by atoms with van der Waals surface area (Å²) in [6.07, 6.45) is 1.16. The molecule has 3 rings (SSSR count). The molecule has 2 N–H and O–H groups in total. The molecule has 114 valence electrons. The van der Waals surface area contributed by atoms with Crippen LogP contribution in [0.1, 0.15) is 30.5 Å². The third-order valence-electron chi connectivity index (χ3n) is 3.79. The maximum Gasteiger partial charge on any atom is 0.221 e. The fourth-order valence-corrected chi connectivity index (χ4v) is 3.83. The largest absolute Gasteiger partial charge is 0.326 e. The molecule has 0 radical (unpaired) electrons. The zero-order valence-corrected chi connectivity index (χ0v) is 13.5. The van der Waals surface area contributed by atoms with Crippen molar-refractivity contribution in [3.05, 3.63) is 59.7 Å². The van der Waals surface area contributed by atoms with Crippen LogP contribution in [0.25, 0.3) is 0 Å². The van der Waals surface area contributed by atoms with Crippen molar-refractivity contribution in [2.45, 2.75) is 30.8 Å². The maximum absolute atomic E-state index is 11.0. The average Bonchev–Trinajstić information content (AvgIpc) is 2.54. The summed E-state index contributed by atoms with van der Waals surface area (Å²) in [5.41, 5.74) is 3.48. The SMILES string of the molecule is CC(=O)Nc1ccc(CNC2CCSc3ccccc32)cc1. The number of carbonyl (C=O) groups excluding carboxylic acids is 1. The van der Waals surface area contributed by atoms with Crippen LogP contribution in [0.4, 0.5) is 5.69 Å². The number of carbonyl (C=O) groups is 1. The van der Waals surface area contributed by atoms with E-state index in [-0.39, 0.29) is 5.91 Å². The minimum Gasteiger partial charge on any atom is -0.326 e. The summed E-state index contributed by atoms with van der Waals surface area (Å²) < 4.78 is 0. The molecule has 0 aromatic heterocycles. The highest BCUT2D eigenvalue weighted by atomic mass is 32.2. The van der Waals surface area contributed by atoms with Gasteiger partial charge >= 0.3 is 0 Å². The number of fused-ring (bicyclic) bond motifs is 1. The van der Waals surface area contributed by atoms with E-state index >= 15 is 0 Å². The molecule has 1 aliphatic heterocycles. The van der Waals surface area contributed by atoms with Gasteiger partial charge in [-0.1, -0.05) is 30.3 Å². The van der Waals surface area contributed by atoms with Crippen LogP contribution >= 0.6 is 11.8 Å². The molecule has 0 spiro atoms. The van der Waals surface area contributed by atoms with Crippen molar-refractivity contribution in [3.63, 3.8) is 0 Å². The third kappa shape index (κ3) is 3.70. The Hall–Kier alpha value is -1.78. The second kappa shape index (κ2) is 6.99. The van der Waals surface area contributed by atoms with Gasteiger partial charge in [0.25, 0.3) is 0 Å². The molecule has 1 amide bonds. The highest BCUT2D eigenvalue weighted by Crippen LogP contribution is 2.35. The fraction of sp³-hybridized carbons (Fsp3) is 0.278. The third-order valence-corrected chi connectivity index (χ3v) is 4.91. The maximum atomic E-state index is 11.0. The molecule has 22 heavy (non-hydrogen) atoms. The summed E-state index contributed by atoms with van der Waals surface area (Å²) in [7, 11) is 0. The normalized spacial score (nSPS) is 16.9. The van der Waals surface area contributed by atoms with Gasteiger partial charge in [-0.25, -0.2) is 0 Å². The monoisotopic (exact) mass is 312 g/mol. The van der Waals surface area contributed by atoms with E-state index in [1.165, 1.54) is 22.9 Å². The van der Waals surface area contributed by atoms with E-state index in [0.717, 1.165) is 24.4 Å². The summed E-state index contributed by atoms with van der Waals surface area (Å²) in [6, 6.07) is 17.1. The van der Waals surface area contributed by atoms with Crippen LogP contribution in [0.15, 0.2) is 53.4 Å². The number of hydrogen-bond donors (Lipinski definition) is 2. The number of anilines is 1. The van der Waals surface area contributed by atoms with Crippen LogP contribution < -0.4 is 10.6 Å². The zero-order chi connectivity index (χ0) is 15.4. The lowest BCUT2D eigenvalue weighted by Crippen LogP contribution is -2.24. The first kappa shape index (κ1) is 15.1. The van der Waals surface area contributed by atoms with Gasteiger partial charge in [0.05, 0.1) is 0 Å². The first-order chi connectivity index (χ1) is 10.7. The van der Waals surface area contributed by atoms with Crippen LogP contribution in [0.3, 0.4) is 0 Å². The molecule has 1 atom stereocenters. The van der Waals surface area contributed by atoms with E-state index in [1.807, 2.05) is 23.9 Å². The van der Waals surface area contributed by atoms with E-state index in [1.54, 1.807) is 0 Å². The smallest absolute Gasteiger partial charge is 0.221 e. The molecule has 3 nitrogen and oxygen atoms in total. The first-order valence-corrected chi connectivity index (χ1v) is 8.52. The van der Waals surface area contributed by atoms with Crippen molar-refractivity contribution in [1.29, 1.82) is 0 Å². The average molecular weight is 312 g/mol. The lowest BCUT2D eigenvalue weighted by atomic mass is 10.0. The van der Waals surface area contributed by atoms with Crippen LogP contribution in [-0.2, 0) is 11.3 Å². The van der Waals surface area contributed by atoms with Gasteiger partial charge in [0.2, 0.25) is 5.91 Å². The first-order valence-electron chi connectivity index (χ1n) is 7.54. The van der Waals surface area contributed by atoms with Crippen molar-refractivity contribution in [3.8, 4) is 0 Å². The lowest BCUT2D eigenvalue weighted by Gasteiger charge is -2.26. The van der Waals surface area contributed by atoms with E-state index in [9.17, 15) is 4.79 Å². The fourth-order valence-electron chi connectivity index (χ4n) is 2.70. The van der Waals surface area contributed by atoms with Gasteiger partial charge in [-0.05, 0) is 41.5 Å². The second-order valence-electron chi connectivity index (χ2n) is 5.49. The Kier molecular flexibility index (Phi) is 4.80. The molecule has 0 fully saturated rings. The molecule has 0 saturated carbocycles. The van der Waals surface area contributed by atoms with Gasteiger partial charge in [0.15, 0.2) is 0 Å². The molecule has 0 saturated heterocycles. The molecule has 0 bridgehead atoms. The van der Waals surface area contributed by atoms with E-state index < -0.39 is 0 Å². The Bertz CT molecular complexity index is 654. The topological polar surface area (TPSA) is 41.1 Å². The van der Waals surface area contributed by atoms with E-state index in [0.29, 0.717) is 6.04 Å². The number of benzene rings is 2. The van der Waals surface area contributed by atoms with Gasteiger partial charge < -0.3 is 10.6 Å². The molecular formula is C18H20N2OS. The van der Waals surface area contributed by atoms with Crippen molar-refractivity contribution in [2.75, 3.05) is 11.1 Å². The Morgan fingerprint density at radius 3 is 2.73 bits per heavy atom. The van der Waals surface area contributed by atoms with Crippen LogP contribution in [-0.4, -0.2) is 11.7 Å². The van der Waals surface area contributed by atoms with Crippen molar-refractivity contribution < 1.29 is 4.79 Å². The Labute approximate surface area is 135 Å². The van der Waals surface area contributed by atoms with Gasteiger partial charge in [-0.2, -0.15) is 0 Å². The molecule has 2 aromatic carbocycles. The summed E-state index contributed by atoms with van der Waals surface area (Å²) in [4.78, 5) is 12.4. The summed E-state index contributed by atoms with van der Waals surface area (Å²) in [5.74, 6) is 1.12. The minimum absolute atomic E-state index is 0.0396. The van der Waals surface area contributed by atoms with Gasteiger partial charge in [-0.3, -0.25) is 4.79 Å². The van der Waals surface area contributed by atoms with Crippen molar-refractivity contribution in [1.82, 2.24) is 5.32 Å². The molecule has 1 heterocycles. The highest BCUT2D eigenvalue weighted by Gasteiger charge is 2.19. The Morgan fingerprint density at radius 1 is 1.18 bits per heavy atom. The molecule has 4 heteroatoms. The summed E-state index contributed by atoms with van der Waals surface area (Å²) in [5, 5.41) is 6.44. The molecule has 0 aliphatic carbocycles. The van der Waals surface area contributed by atoms with Gasteiger partial charge in [0, 0.05) is 30.1 Å². The van der Waals surface area contributed by atoms with Gasteiger partial charge in [0.1, 0.15) is 0 Å². The molecule has 1 unspecified atom stereocenters. The number of nitrogens with one attached hydrogen (secondary N) is 2. The Balaban J connectivity index is 1.62. The van der Waals surface area contributed by atoms with Crippen molar-refractivity contribution >= 4 is 23.4 Å². The summed E-state index contributed by atoms with van der Waals surface area (Å²) >= 11 is 1.94. The zero-order valence-electron chi connectivity index (χ0n) is 12.6. The number of thioether (sulfide) groups is 1. The predicted molar refractivity (Wildman–Crippen MR) is 92.1 cm³/mol.